The molecular formula is C15H24ClN5. The Hall–Kier alpha value is -1.07. The van der Waals surface area contributed by atoms with Crippen molar-refractivity contribution >= 4 is 22.8 Å². The predicted molar refractivity (Wildman–Crippen MR) is 85.8 cm³/mol. The Balaban J connectivity index is 1.89. The zero-order chi connectivity index (χ0) is 15.0. The molecule has 2 aromatic heterocycles. The van der Waals surface area contributed by atoms with E-state index in [0.717, 1.165) is 35.8 Å². The lowest BCUT2D eigenvalue weighted by molar-refractivity contribution is 0.220. The lowest BCUT2D eigenvalue weighted by atomic mass is 10.1. The minimum atomic E-state index is -0.0850. The monoisotopic (exact) mass is 309 g/mol. The van der Waals surface area contributed by atoms with Gasteiger partial charge in [0, 0.05) is 20.1 Å². The molecular weight excluding hydrogens is 286 g/mol. The summed E-state index contributed by atoms with van der Waals surface area (Å²) in [5.74, 6) is 0.958. The molecule has 3 heterocycles. The molecule has 1 fully saturated rings. The molecule has 5 nitrogen and oxygen atoms in total. The van der Waals surface area contributed by atoms with Gasteiger partial charge < -0.3 is 9.47 Å². The van der Waals surface area contributed by atoms with Gasteiger partial charge in [-0.2, -0.15) is 5.10 Å². The molecule has 1 aliphatic rings. The minimum Gasteiger partial charge on any atom is -0.310 e. The van der Waals surface area contributed by atoms with Gasteiger partial charge in [-0.25, -0.2) is 4.98 Å². The minimum absolute atomic E-state index is 0.0850. The second-order valence-electron chi connectivity index (χ2n) is 6.02. The van der Waals surface area contributed by atoms with Gasteiger partial charge in [-0.05, 0) is 39.8 Å². The van der Waals surface area contributed by atoms with Crippen molar-refractivity contribution in [3.63, 3.8) is 0 Å². The van der Waals surface area contributed by atoms with E-state index < -0.39 is 0 Å². The number of hydrogen-bond acceptors (Lipinski definition) is 3. The van der Waals surface area contributed by atoms with Crippen molar-refractivity contribution < 1.29 is 0 Å². The van der Waals surface area contributed by atoms with E-state index in [-0.39, 0.29) is 5.38 Å². The second kappa shape index (κ2) is 5.97. The topological polar surface area (TPSA) is 38.9 Å². The van der Waals surface area contributed by atoms with Crippen molar-refractivity contribution in [2.75, 3.05) is 19.6 Å². The summed E-state index contributed by atoms with van der Waals surface area (Å²) in [6, 6.07) is 0. The molecule has 1 aliphatic heterocycles. The number of imidazole rings is 1. The van der Waals surface area contributed by atoms with Gasteiger partial charge in [0.1, 0.15) is 11.3 Å². The lowest BCUT2D eigenvalue weighted by Gasteiger charge is -2.26. The van der Waals surface area contributed by atoms with E-state index in [9.17, 15) is 0 Å². The van der Waals surface area contributed by atoms with Gasteiger partial charge in [0.25, 0.3) is 0 Å². The Bertz CT molecular complexity index is 622. The summed E-state index contributed by atoms with van der Waals surface area (Å²) in [5.41, 5.74) is 3.05. The summed E-state index contributed by atoms with van der Waals surface area (Å²) in [7, 11) is 1.98. The van der Waals surface area contributed by atoms with Crippen LogP contribution in [0.4, 0.5) is 0 Å². The summed E-state index contributed by atoms with van der Waals surface area (Å²) in [4.78, 5) is 7.27. The predicted octanol–water partition coefficient (Wildman–Crippen LogP) is 2.86. The van der Waals surface area contributed by atoms with Gasteiger partial charge in [-0.15, -0.1) is 11.6 Å². The van der Waals surface area contributed by atoms with E-state index in [1.54, 1.807) is 0 Å². The van der Waals surface area contributed by atoms with Crippen LogP contribution in [0.2, 0.25) is 0 Å². The third-order valence-corrected chi connectivity index (χ3v) is 4.56. The normalized spacial score (nSPS) is 18.5. The Morgan fingerprint density at radius 1 is 1.19 bits per heavy atom. The number of piperidine rings is 1. The van der Waals surface area contributed by atoms with Gasteiger partial charge in [-0.1, -0.05) is 6.42 Å². The van der Waals surface area contributed by atoms with Crippen LogP contribution in [-0.4, -0.2) is 43.9 Å². The van der Waals surface area contributed by atoms with Crippen LogP contribution in [-0.2, 0) is 13.6 Å². The van der Waals surface area contributed by atoms with Crippen LogP contribution in [0.1, 0.15) is 43.1 Å². The number of aryl methyl sites for hydroxylation is 2. The maximum absolute atomic E-state index is 6.34. The molecule has 21 heavy (non-hydrogen) atoms. The van der Waals surface area contributed by atoms with E-state index in [1.165, 1.54) is 32.4 Å². The highest BCUT2D eigenvalue weighted by Crippen LogP contribution is 2.26. The first-order valence-electron chi connectivity index (χ1n) is 7.84. The van der Waals surface area contributed by atoms with Crippen molar-refractivity contribution in [2.45, 2.75) is 45.0 Å². The fraction of sp³-hybridized carbons (Fsp3) is 0.733. The molecule has 1 unspecified atom stereocenters. The highest BCUT2D eigenvalue weighted by molar-refractivity contribution is 6.20. The molecule has 0 bridgehead atoms. The van der Waals surface area contributed by atoms with E-state index in [4.69, 9.17) is 16.6 Å². The smallest absolute Gasteiger partial charge is 0.158 e. The highest BCUT2D eigenvalue weighted by Gasteiger charge is 2.20. The Kier molecular flexibility index (Phi) is 4.22. The summed E-state index contributed by atoms with van der Waals surface area (Å²) in [6.45, 7) is 8.42. The van der Waals surface area contributed by atoms with Crippen LogP contribution in [0.5, 0.6) is 0 Å². The first-order valence-corrected chi connectivity index (χ1v) is 8.27. The van der Waals surface area contributed by atoms with Crippen LogP contribution in [0.3, 0.4) is 0 Å². The molecule has 116 valence electrons. The summed E-state index contributed by atoms with van der Waals surface area (Å²) in [6.07, 6.45) is 4.02. The van der Waals surface area contributed by atoms with E-state index in [1.807, 2.05) is 25.6 Å². The second-order valence-corrected chi connectivity index (χ2v) is 6.68. The largest absolute Gasteiger partial charge is 0.310 e. The number of rotatable bonds is 4. The molecule has 0 aromatic carbocycles. The highest BCUT2D eigenvalue weighted by atomic mass is 35.5. The van der Waals surface area contributed by atoms with Crippen LogP contribution >= 0.6 is 11.6 Å². The molecule has 2 aromatic rings. The number of alkyl halides is 1. The maximum atomic E-state index is 6.34. The van der Waals surface area contributed by atoms with Crippen LogP contribution in [0, 0.1) is 6.92 Å². The third-order valence-electron chi connectivity index (χ3n) is 4.36. The molecule has 0 saturated carbocycles. The maximum Gasteiger partial charge on any atom is 0.158 e. The molecule has 0 aliphatic carbocycles. The first kappa shape index (κ1) is 14.9. The van der Waals surface area contributed by atoms with Gasteiger partial charge in [0.15, 0.2) is 5.65 Å². The van der Waals surface area contributed by atoms with Crippen molar-refractivity contribution in [3.05, 3.63) is 11.5 Å². The fourth-order valence-corrected chi connectivity index (χ4v) is 3.47. The van der Waals surface area contributed by atoms with Crippen molar-refractivity contribution in [1.29, 1.82) is 0 Å². The zero-order valence-electron chi connectivity index (χ0n) is 13.1. The van der Waals surface area contributed by atoms with Crippen LogP contribution in [0.15, 0.2) is 0 Å². The molecule has 0 spiro atoms. The first-order chi connectivity index (χ1) is 10.1. The molecule has 1 saturated heterocycles. The Morgan fingerprint density at radius 2 is 1.90 bits per heavy atom. The van der Waals surface area contributed by atoms with Crippen molar-refractivity contribution in [1.82, 2.24) is 24.2 Å². The summed E-state index contributed by atoms with van der Waals surface area (Å²) < 4.78 is 4.18. The van der Waals surface area contributed by atoms with Crippen molar-refractivity contribution in [2.24, 2.45) is 7.05 Å². The van der Waals surface area contributed by atoms with Crippen molar-refractivity contribution in [3.8, 4) is 0 Å². The van der Waals surface area contributed by atoms with Gasteiger partial charge in [-0.3, -0.25) is 4.68 Å². The average molecular weight is 310 g/mol. The SMILES string of the molecule is Cc1nn(C)c2c1nc(C(C)Cl)n2CCN1CCCCC1. The van der Waals surface area contributed by atoms with Gasteiger partial charge >= 0.3 is 0 Å². The van der Waals surface area contributed by atoms with Gasteiger partial charge in [0.05, 0.1) is 11.1 Å². The number of aromatic nitrogens is 4. The molecule has 0 amide bonds. The fourth-order valence-electron chi connectivity index (χ4n) is 3.30. The average Bonchev–Trinajstić information content (AvgIpc) is 2.97. The Morgan fingerprint density at radius 3 is 2.57 bits per heavy atom. The van der Waals surface area contributed by atoms with Gasteiger partial charge in [0.2, 0.25) is 0 Å². The van der Waals surface area contributed by atoms with E-state index in [2.05, 4.69) is 14.6 Å². The summed E-state index contributed by atoms with van der Waals surface area (Å²) >= 11 is 6.34. The van der Waals surface area contributed by atoms with Crippen LogP contribution in [0.25, 0.3) is 11.2 Å². The molecule has 1 atom stereocenters. The molecule has 6 heteroatoms. The number of likely N-dealkylation sites (tertiary alicyclic amines) is 1. The molecule has 0 N–H and O–H groups in total. The van der Waals surface area contributed by atoms with E-state index in [0.29, 0.717) is 0 Å². The number of halogens is 1. The lowest BCUT2D eigenvalue weighted by Crippen LogP contribution is -2.33. The number of nitrogens with zero attached hydrogens (tertiary/aromatic N) is 5. The quantitative estimate of drug-likeness (QED) is 0.815. The zero-order valence-corrected chi connectivity index (χ0v) is 13.9. The van der Waals surface area contributed by atoms with E-state index >= 15 is 0 Å². The molecule has 0 radical (unpaired) electrons. The third kappa shape index (κ3) is 2.81. The standard InChI is InChI=1S/C15H24ClN5/c1-11(16)14-17-13-12(2)18-19(3)15(13)21(14)10-9-20-7-5-4-6-8-20/h11H,4-10H2,1-3H3. The number of fused-ring (bicyclic) bond motifs is 1. The molecule has 3 rings (SSSR count). The number of hydrogen-bond donors (Lipinski definition) is 0. The van der Waals surface area contributed by atoms with Crippen LogP contribution < -0.4 is 0 Å². The Labute approximate surface area is 130 Å². The summed E-state index contributed by atoms with van der Waals surface area (Å²) in [5, 5.41) is 4.40.